The Morgan fingerprint density at radius 2 is 0.869 bits per heavy atom. The van der Waals surface area contributed by atoms with Crippen LogP contribution in [0.4, 0.5) is 0 Å². The fraction of sp³-hybridized carbons (Fsp3) is 1.00. The van der Waals surface area contributed by atoms with E-state index in [0.717, 1.165) is 12.8 Å². The zero-order valence-corrected chi connectivity index (χ0v) is 43.3. The molecule has 0 radical (unpaired) electrons. The Morgan fingerprint density at radius 1 is 0.459 bits per heavy atom. The topological polar surface area (TPSA) is 195 Å². The van der Waals surface area contributed by atoms with Crippen LogP contribution in [-0.4, -0.2) is 185 Å². The number of aliphatic hydroxyl groups is 6. The molecule has 0 amide bonds. The average molecular weight is 1080 g/mol. The van der Waals surface area contributed by atoms with Gasteiger partial charge >= 0.3 is 0 Å². The number of rotatable bonds is 36. The van der Waals surface area contributed by atoms with E-state index in [2.05, 4.69) is 89.3 Å². The predicted molar refractivity (Wildman–Crippen MR) is 248 cm³/mol. The Labute approximate surface area is 393 Å². The van der Waals surface area contributed by atoms with Crippen molar-refractivity contribution in [2.45, 2.75) is 179 Å². The van der Waals surface area contributed by atoms with Gasteiger partial charge in [0.2, 0.25) is 0 Å². The van der Waals surface area contributed by atoms with Crippen molar-refractivity contribution in [2.75, 3.05) is 88.7 Å². The summed E-state index contributed by atoms with van der Waals surface area (Å²) in [5.74, 6) is -0.0817. The minimum atomic E-state index is -0.954. The van der Waals surface area contributed by atoms with Gasteiger partial charge in [-0.1, -0.05) is 93.7 Å². The van der Waals surface area contributed by atoms with Gasteiger partial charge in [0.15, 0.2) is 0 Å². The molecular formula is C44H85Br3O14. The van der Waals surface area contributed by atoms with Crippen molar-refractivity contribution in [1.82, 2.24) is 0 Å². The summed E-state index contributed by atoms with van der Waals surface area (Å²) in [4.78, 5) is 0. The molecule has 17 heteroatoms. The van der Waals surface area contributed by atoms with Crippen molar-refractivity contribution in [3.05, 3.63) is 0 Å². The van der Waals surface area contributed by atoms with Crippen LogP contribution in [0.1, 0.15) is 113 Å². The molecule has 14 nitrogen and oxygen atoms in total. The molecule has 1 saturated carbocycles. The molecule has 1 aliphatic carbocycles. The van der Waals surface area contributed by atoms with Crippen molar-refractivity contribution >= 4 is 47.8 Å². The summed E-state index contributed by atoms with van der Waals surface area (Å²) in [7, 11) is 0. The second-order valence-electron chi connectivity index (χ2n) is 19.1. The van der Waals surface area contributed by atoms with Crippen LogP contribution in [-0.2, 0) is 37.9 Å². The van der Waals surface area contributed by atoms with E-state index in [1.54, 1.807) is 0 Å². The third kappa shape index (κ3) is 27.3. The number of ether oxygens (including phenoxy) is 8. The van der Waals surface area contributed by atoms with Gasteiger partial charge in [-0.2, -0.15) is 0 Å². The Kier molecular flexibility index (Phi) is 31.2. The van der Waals surface area contributed by atoms with Gasteiger partial charge in [0.05, 0.1) is 120 Å². The monoisotopic (exact) mass is 1070 g/mol. The second-order valence-corrected chi connectivity index (χ2v) is 21.0. The molecule has 1 fully saturated rings. The molecule has 0 aromatic heterocycles. The van der Waals surface area contributed by atoms with Crippen molar-refractivity contribution < 1.29 is 68.5 Å². The summed E-state index contributed by atoms with van der Waals surface area (Å²) < 4.78 is 48.8. The van der Waals surface area contributed by atoms with E-state index in [1.807, 2.05) is 13.8 Å². The molecule has 0 bridgehead atoms. The number of aliphatic hydroxyl groups excluding tert-OH is 6. The van der Waals surface area contributed by atoms with Crippen LogP contribution in [0.2, 0.25) is 0 Å². The summed E-state index contributed by atoms with van der Waals surface area (Å²) in [5, 5.41) is 62.4. The lowest BCUT2D eigenvalue weighted by atomic mass is 9.65. The number of halogens is 3. The van der Waals surface area contributed by atoms with Crippen molar-refractivity contribution in [2.24, 2.45) is 11.3 Å². The SMILES string of the molecule is CC(C)(CC(COC(C)(C)C(C)(C)C(COCC(O)COCC(O)CBr)CC(C)(C)OC1CCCCCCC1)OCC(O)COCC(O)CBr)OCC(O)COCC(O)CBr. The maximum atomic E-state index is 10.7. The maximum absolute atomic E-state index is 10.7. The minimum absolute atomic E-state index is 0.00404. The highest BCUT2D eigenvalue weighted by Gasteiger charge is 2.47. The van der Waals surface area contributed by atoms with Crippen LogP contribution in [0.5, 0.6) is 0 Å². The first-order chi connectivity index (χ1) is 28.6. The zero-order chi connectivity index (χ0) is 46.1. The van der Waals surface area contributed by atoms with E-state index >= 15 is 0 Å². The van der Waals surface area contributed by atoms with Crippen molar-refractivity contribution in [3.8, 4) is 0 Å². The van der Waals surface area contributed by atoms with Crippen molar-refractivity contribution in [3.63, 3.8) is 0 Å². The fourth-order valence-corrected chi connectivity index (χ4v) is 7.68. The largest absolute Gasteiger partial charge is 0.390 e. The van der Waals surface area contributed by atoms with Crippen LogP contribution in [0.25, 0.3) is 0 Å². The van der Waals surface area contributed by atoms with Gasteiger partial charge in [0.25, 0.3) is 0 Å². The highest BCUT2D eigenvalue weighted by Crippen LogP contribution is 2.45. The van der Waals surface area contributed by atoms with E-state index in [-0.39, 0.29) is 78.1 Å². The van der Waals surface area contributed by atoms with Gasteiger partial charge in [-0.25, -0.2) is 0 Å². The van der Waals surface area contributed by atoms with Gasteiger partial charge in [-0.3, -0.25) is 0 Å². The van der Waals surface area contributed by atoms with Gasteiger partial charge < -0.3 is 68.5 Å². The predicted octanol–water partition coefficient (Wildman–Crippen LogP) is 5.71. The molecule has 366 valence electrons. The van der Waals surface area contributed by atoms with E-state index < -0.39 is 64.9 Å². The van der Waals surface area contributed by atoms with Crippen LogP contribution >= 0.6 is 47.8 Å². The van der Waals surface area contributed by atoms with Gasteiger partial charge in [-0.05, 0) is 72.1 Å². The molecule has 1 aliphatic rings. The summed E-state index contributed by atoms with van der Waals surface area (Å²) in [5.41, 5.74) is -2.52. The van der Waals surface area contributed by atoms with Gasteiger partial charge in [0, 0.05) is 22.4 Å². The molecule has 8 atom stereocenters. The quantitative estimate of drug-likeness (QED) is 0.0418. The summed E-state index contributed by atoms with van der Waals surface area (Å²) in [6, 6.07) is 0. The highest BCUT2D eigenvalue weighted by atomic mass is 79.9. The minimum Gasteiger partial charge on any atom is -0.390 e. The standard InChI is InChI=1S/C44H85Br3O14/c1-41(2,59-30-38(53)28-57-24-35(50)20-47)17-40(58-29-37(52)27-56-23-34(49)19-46)31-60-44(7,8)43(5,6)32(21-54-25-36(51)26-55-22-33(48)18-45)16-42(3,4)61-39-14-12-10-9-11-13-15-39/h32-40,48-53H,9-31H2,1-8H3. The van der Waals surface area contributed by atoms with Crippen LogP contribution < -0.4 is 0 Å². The summed E-state index contributed by atoms with van der Waals surface area (Å²) >= 11 is 9.64. The molecule has 0 aromatic carbocycles. The zero-order valence-electron chi connectivity index (χ0n) is 38.5. The molecular weight excluding hydrogens is 992 g/mol. The lowest BCUT2D eigenvalue weighted by Gasteiger charge is -2.49. The maximum Gasteiger partial charge on any atom is 0.101 e. The Morgan fingerprint density at radius 3 is 1.34 bits per heavy atom. The van der Waals surface area contributed by atoms with Gasteiger partial charge in [-0.15, -0.1) is 0 Å². The molecule has 0 spiro atoms. The van der Waals surface area contributed by atoms with Crippen molar-refractivity contribution in [1.29, 1.82) is 0 Å². The molecule has 1 rings (SSSR count). The number of alkyl halides is 3. The second kappa shape index (κ2) is 31.8. The smallest absolute Gasteiger partial charge is 0.101 e. The Bertz CT molecular complexity index is 1080. The first-order valence-electron chi connectivity index (χ1n) is 22.2. The molecule has 0 saturated heterocycles. The average Bonchev–Trinajstić information content (AvgIpc) is 3.18. The molecule has 0 aliphatic heterocycles. The van der Waals surface area contributed by atoms with Crippen LogP contribution in [0.15, 0.2) is 0 Å². The Hall–Kier alpha value is 0.880. The Balaban J connectivity index is 3.21. The number of hydrogen-bond acceptors (Lipinski definition) is 14. The third-order valence-electron chi connectivity index (χ3n) is 11.4. The van der Waals surface area contributed by atoms with E-state index in [1.165, 1.54) is 32.1 Å². The lowest BCUT2D eigenvalue weighted by molar-refractivity contribution is -0.182. The third-order valence-corrected chi connectivity index (χ3v) is 13.7. The highest BCUT2D eigenvalue weighted by molar-refractivity contribution is 9.09. The van der Waals surface area contributed by atoms with E-state index in [4.69, 9.17) is 37.9 Å². The van der Waals surface area contributed by atoms with Crippen LogP contribution in [0.3, 0.4) is 0 Å². The molecule has 0 heterocycles. The molecule has 8 unspecified atom stereocenters. The first-order valence-corrected chi connectivity index (χ1v) is 25.6. The lowest BCUT2D eigenvalue weighted by Crippen LogP contribution is -2.51. The van der Waals surface area contributed by atoms with Gasteiger partial charge in [0.1, 0.15) is 18.3 Å². The van der Waals surface area contributed by atoms with Crippen LogP contribution in [0, 0.1) is 11.3 Å². The molecule has 6 N–H and O–H groups in total. The normalized spacial score (nSPS) is 19.4. The summed E-state index contributed by atoms with van der Waals surface area (Å²) in [6.07, 6.45) is 4.11. The summed E-state index contributed by atoms with van der Waals surface area (Å²) in [6.45, 7) is 17.3. The first kappa shape index (κ1) is 59.9. The fourth-order valence-electron chi connectivity index (χ4n) is 7.12. The van der Waals surface area contributed by atoms with E-state index in [9.17, 15) is 30.6 Å². The molecule has 61 heavy (non-hydrogen) atoms. The van der Waals surface area contributed by atoms with E-state index in [0.29, 0.717) is 35.4 Å². The number of hydrogen-bond donors (Lipinski definition) is 6. The molecule has 0 aromatic rings.